The van der Waals surface area contributed by atoms with Crippen LogP contribution in [0.1, 0.15) is 54.3 Å². The lowest BCUT2D eigenvalue weighted by atomic mass is 9.95. The molecule has 5 nitrogen and oxygen atoms in total. The van der Waals surface area contributed by atoms with Crippen molar-refractivity contribution in [2.45, 2.75) is 49.6 Å². The molecule has 0 atom stereocenters. The van der Waals surface area contributed by atoms with Crippen LogP contribution in [0.25, 0.3) is 0 Å². The summed E-state index contributed by atoms with van der Waals surface area (Å²) < 4.78 is 2.14. The Bertz CT molecular complexity index is 647. The molecular weight excluding hydrogens is 308 g/mol. The molecule has 2 aromatic rings. The van der Waals surface area contributed by atoms with E-state index in [1.165, 1.54) is 32.1 Å². The Morgan fingerprint density at radius 2 is 2.00 bits per heavy atom. The van der Waals surface area contributed by atoms with E-state index >= 15 is 0 Å². The summed E-state index contributed by atoms with van der Waals surface area (Å²) in [7, 11) is 0. The predicted molar refractivity (Wildman–Crippen MR) is 91.5 cm³/mol. The molecule has 1 heterocycles. The van der Waals surface area contributed by atoms with Crippen LogP contribution in [-0.4, -0.2) is 26.9 Å². The second-order valence-electron chi connectivity index (χ2n) is 5.86. The van der Waals surface area contributed by atoms with E-state index in [0.29, 0.717) is 18.2 Å². The molecule has 1 aliphatic rings. The number of thioether (sulfide) groups is 1. The average molecular weight is 330 g/mol. The Morgan fingerprint density at radius 1 is 1.26 bits per heavy atom. The number of hydrogen-bond donors (Lipinski definition) is 1. The van der Waals surface area contributed by atoms with Crippen molar-refractivity contribution in [2.75, 3.05) is 6.26 Å². The first-order chi connectivity index (χ1) is 11.3. The van der Waals surface area contributed by atoms with Gasteiger partial charge >= 0.3 is 0 Å². The minimum Gasteiger partial charge on any atom is -0.345 e. The zero-order valence-corrected chi connectivity index (χ0v) is 14.2. The van der Waals surface area contributed by atoms with Crippen molar-refractivity contribution in [1.82, 2.24) is 20.1 Å². The molecule has 1 fully saturated rings. The third-order valence-corrected chi connectivity index (χ3v) is 5.12. The predicted octanol–water partition coefficient (Wildman–Crippen LogP) is 3.44. The quantitative estimate of drug-likeness (QED) is 0.853. The van der Waals surface area contributed by atoms with Gasteiger partial charge in [0.2, 0.25) is 0 Å². The highest BCUT2D eigenvalue weighted by molar-refractivity contribution is 7.98. The van der Waals surface area contributed by atoms with Crippen molar-refractivity contribution in [3.8, 4) is 0 Å². The Hall–Kier alpha value is -1.82. The van der Waals surface area contributed by atoms with E-state index in [0.717, 1.165) is 10.7 Å². The van der Waals surface area contributed by atoms with Crippen LogP contribution in [0.3, 0.4) is 0 Å². The molecule has 1 saturated carbocycles. The van der Waals surface area contributed by atoms with E-state index in [4.69, 9.17) is 0 Å². The average Bonchev–Trinajstić information content (AvgIpc) is 3.09. The van der Waals surface area contributed by atoms with Gasteiger partial charge in [0.15, 0.2) is 5.82 Å². The molecule has 1 aromatic carbocycles. The van der Waals surface area contributed by atoms with Gasteiger partial charge in [-0.2, -0.15) is 0 Å². The molecular formula is C17H22N4OS. The monoisotopic (exact) mass is 330 g/mol. The van der Waals surface area contributed by atoms with E-state index in [-0.39, 0.29) is 5.91 Å². The summed E-state index contributed by atoms with van der Waals surface area (Å²) in [4.78, 5) is 13.4. The Labute approximate surface area is 140 Å². The van der Waals surface area contributed by atoms with E-state index in [2.05, 4.69) is 20.1 Å². The van der Waals surface area contributed by atoms with Gasteiger partial charge in [-0.1, -0.05) is 19.3 Å². The van der Waals surface area contributed by atoms with Crippen LogP contribution >= 0.6 is 11.8 Å². The Kier molecular flexibility index (Phi) is 5.33. The summed E-state index contributed by atoms with van der Waals surface area (Å²) in [5.74, 6) is 0.766. The smallest absolute Gasteiger partial charge is 0.251 e. The lowest BCUT2D eigenvalue weighted by molar-refractivity contribution is 0.0949. The van der Waals surface area contributed by atoms with Gasteiger partial charge in [0.05, 0.1) is 6.54 Å². The van der Waals surface area contributed by atoms with E-state index in [1.54, 1.807) is 18.1 Å². The number of rotatable bonds is 5. The molecule has 0 radical (unpaired) electrons. The molecule has 1 N–H and O–H groups in total. The molecule has 6 heteroatoms. The van der Waals surface area contributed by atoms with Crippen LogP contribution in [0.4, 0.5) is 0 Å². The molecule has 0 bridgehead atoms. The summed E-state index contributed by atoms with van der Waals surface area (Å²) in [6.45, 7) is 0.416. The minimum absolute atomic E-state index is 0.0733. The minimum atomic E-state index is -0.0733. The third-order valence-electron chi connectivity index (χ3n) is 4.37. The third kappa shape index (κ3) is 3.93. The fraction of sp³-hybridized carbons (Fsp3) is 0.471. The Morgan fingerprint density at radius 3 is 2.70 bits per heavy atom. The van der Waals surface area contributed by atoms with Gasteiger partial charge in [-0.3, -0.25) is 4.79 Å². The summed E-state index contributed by atoms with van der Waals surface area (Å²) in [6.07, 6.45) is 10.0. The lowest BCUT2D eigenvalue weighted by Crippen LogP contribution is -2.26. The van der Waals surface area contributed by atoms with Crippen LogP contribution in [0.5, 0.6) is 0 Å². The molecule has 1 amide bonds. The Balaban J connectivity index is 1.61. The SMILES string of the molecule is CSc1ccc(C(=O)NCc2nncn2C2CCCCC2)cc1. The molecule has 23 heavy (non-hydrogen) atoms. The second-order valence-corrected chi connectivity index (χ2v) is 6.74. The van der Waals surface area contributed by atoms with Crippen molar-refractivity contribution < 1.29 is 4.79 Å². The molecule has 0 spiro atoms. The number of carbonyl (C=O) groups is 1. The van der Waals surface area contributed by atoms with Crippen LogP contribution in [0.2, 0.25) is 0 Å². The number of nitrogens with zero attached hydrogens (tertiary/aromatic N) is 3. The second kappa shape index (κ2) is 7.64. The van der Waals surface area contributed by atoms with Gasteiger partial charge in [0, 0.05) is 16.5 Å². The first-order valence-corrected chi connectivity index (χ1v) is 9.31. The van der Waals surface area contributed by atoms with Crippen molar-refractivity contribution in [2.24, 2.45) is 0 Å². The normalized spacial score (nSPS) is 15.5. The molecule has 0 saturated heterocycles. The van der Waals surface area contributed by atoms with Crippen molar-refractivity contribution in [3.05, 3.63) is 42.0 Å². The topological polar surface area (TPSA) is 59.8 Å². The maximum absolute atomic E-state index is 12.3. The van der Waals surface area contributed by atoms with Crippen LogP contribution in [-0.2, 0) is 6.54 Å². The molecule has 0 unspecified atom stereocenters. The largest absolute Gasteiger partial charge is 0.345 e. The fourth-order valence-electron chi connectivity index (χ4n) is 3.06. The summed E-state index contributed by atoms with van der Waals surface area (Å²) in [5, 5.41) is 11.2. The molecule has 0 aliphatic heterocycles. The number of amides is 1. The van der Waals surface area contributed by atoms with Gasteiger partial charge in [-0.15, -0.1) is 22.0 Å². The first kappa shape index (κ1) is 16.1. The number of hydrogen-bond acceptors (Lipinski definition) is 4. The summed E-state index contributed by atoms with van der Waals surface area (Å²) in [6, 6.07) is 8.11. The van der Waals surface area contributed by atoms with Gasteiger partial charge in [-0.05, 0) is 43.4 Å². The van der Waals surface area contributed by atoms with Crippen LogP contribution < -0.4 is 5.32 Å². The molecule has 1 aromatic heterocycles. The lowest BCUT2D eigenvalue weighted by Gasteiger charge is -2.24. The maximum Gasteiger partial charge on any atom is 0.251 e. The highest BCUT2D eigenvalue weighted by Gasteiger charge is 2.18. The molecule has 122 valence electrons. The fourth-order valence-corrected chi connectivity index (χ4v) is 3.47. The summed E-state index contributed by atoms with van der Waals surface area (Å²) >= 11 is 1.67. The van der Waals surface area contributed by atoms with Gasteiger partial charge in [0.25, 0.3) is 5.91 Å². The highest BCUT2D eigenvalue weighted by atomic mass is 32.2. The molecule has 1 aliphatic carbocycles. The molecule has 3 rings (SSSR count). The number of aromatic nitrogens is 3. The zero-order valence-electron chi connectivity index (χ0n) is 13.4. The van der Waals surface area contributed by atoms with Gasteiger partial charge < -0.3 is 9.88 Å². The van der Waals surface area contributed by atoms with Crippen molar-refractivity contribution in [3.63, 3.8) is 0 Å². The highest BCUT2D eigenvalue weighted by Crippen LogP contribution is 2.28. The van der Waals surface area contributed by atoms with E-state index in [9.17, 15) is 4.79 Å². The van der Waals surface area contributed by atoms with Gasteiger partial charge in [0.1, 0.15) is 6.33 Å². The van der Waals surface area contributed by atoms with Crippen LogP contribution in [0.15, 0.2) is 35.5 Å². The first-order valence-electron chi connectivity index (χ1n) is 8.08. The standard InChI is InChI=1S/C17H22N4OS/c1-23-15-9-7-13(8-10-15)17(22)18-11-16-20-19-12-21(16)14-5-3-2-4-6-14/h7-10,12,14H,2-6,11H2,1H3,(H,18,22). The summed E-state index contributed by atoms with van der Waals surface area (Å²) in [5.41, 5.74) is 0.673. The number of benzene rings is 1. The van der Waals surface area contributed by atoms with Crippen LogP contribution in [0, 0.1) is 0 Å². The van der Waals surface area contributed by atoms with Gasteiger partial charge in [-0.25, -0.2) is 0 Å². The van der Waals surface area contributed by atoms with Crippen molar-refractivity contribution in [1.29, 1.82) is 0 Å². The zero-order chi connectivity index (χ0) is 16.1. The van der Waals surface area contributed by atoms with Crippen molar-refractivity contribution >= 4 is 17.7 Å². The van der Waals surface area contributed by atoms with E-state index < -0.39 is 0 Å². The maximum atomic E-state index is 12.3. The number of nitrogens with one attached hydrogen (secondary N) is 1. The van der Waals surface area contributed by atoms with E-state index in [1.807, 2.05) is 30.5 Å². The number of carbonyl (C=O) groups excluding carboxylic acids is 1.